The van der Waals surface area contributed by atoms with Gasteiger partial charge >= 0.3 is 5.69 Å². The summed E-state index contributed by atoms with van der Waals surface area (Å²) in [4.78, 5) is 25.3. The highest BCUT2D eigenvalue weighted by Crippen LogP contribution is 2.33. The van der Waals surface area contributed by atoms with Crippen molar-refractivity contribution in [3.8, 4) is 5.97 Å². The molecule has 1 aromatic heterocycles. The lowest BCUT2D eigenvalue weighted by Gasteiger charge is -2.24. The van der Waals surface area contributed by atoms with Crippen molar-refractivity contribution in [1.29, 1.82) is 5.26 Å². The molecule has 0 bridgehead atoms. The Labute approximate surface area is 115 Å². The van der Waals surface area contributed by atoms with Crippen molar-refractivity contribution in [2.24, 2.45) is 5.73 Å². The molecule has 105 valence electrons. The number of nitrogens with two attached hydrogens (primary N) is 1. The zero-order valence-electron chi connectivity index (χ0n) is 10.9. The molecular formula is C11H14BN4O4. The summed E-state index contributed by atoms with van der Waals surface area (Å²) in [6.45, 7) is 1.19. The molecule has 3 atom stereocenters. The minimum Gasteiger partial charge on any atom is -0.394 e. The van der Waals surface area contributed by atoms with Crippen LogP contribution in [0.15, 0.2) is 15.8 Å². The number of H-pyrrole nitrogens is 1. The second-order valence-electron chi connectivity index (χ2n) is 4.83. The highest BCUT2D eigenvalue weighted by atomic mass is 16.5. The van der Waals surface area contributed by atoms with E-state index in [1.54, 1.807) is 6.92 Å². The first-order valence-electron chi connectivity index (χ1n) is 6.02. The third kappa shape index (κ3) is 2.41. The van der Waals surface area contributed by atoms with E-state index in [4.69, 9.17) is 15.7 Å². The van der Waals surface area contributed by atoms with Gasteiger partial charge in [0.1, 0.15) is 6.23 Å². The third-order valence-corrected chi connectivity index (χ3v) is 3.40. The fourth-order valence-electron chi connectivity index (χ4n) is 2.25. The molecule has 1 aliphatic rings. The predicted molar refractivity (Wildman–Crippen MR) is 70.0 cm³/mol. The van der Waals surface area contributed by atoms with Crippen molar-refractivity contribution in [2.75, 3.05) is 6.61 Å². The molecule has 0 aromatic carbocycles. The van der Waals surface area contributed by atoms with Gasteiger partial charge in [-0.2, -0.15) is 0 Å². The number of rotatable bonds is 3. The molecule has 0 spiro atoms. The van der Waals surface area contributed by atoms with Gasteiger partial charge in [0.25, 0.3) is 12.8 Å². The van der Waals surface area contributed by atoms with Crippen LogP contribution in [0.3, 0.4) is 0 Å². The summed E-state index contributed by atoms with van der Waals surface area (Å²) >= 11 is 0. The minimum atomic E-state index is -1.14. The molecule has 1 aromatic rings. The van der Waals surface area contributed by atoms with Crippen molar-refractivity contribution < 1.29 is 9.84 Å². The van der Waals surface area contributed by atoms with Crippen LogP contribution >= 0.6 is 0 Å². The van der Waals surface area contributed by atoms with Gasteiger partial charge in [-0.05, 0) is 12.9 Å². The molecule has 2 heterocycles. The van der Waals surface area contributed by atoms with E-state index >= 15 is 0 Å². The number of hydrogen-bond acceptors (Lipinski definition) is 6. The summed E-state index contributed by atoms with van der Waals surface area (Å²) < 4.78 is 6.73. The van der Waals surface area contributed by atoms with Crippen molar-refractivity contribution in [3.05, 3.63) is 32.6 Å². The highest BCUT2D eigenvalue weighted by molar-refractivity contribution is 6.49. The number of ether oxygens (including phenoxy) is 1. The average Bonchev–Trinajstić information content (AvgIpc) is 2.71. The fraction of sp³-hybridized carbons (Fsp3) is 0.545. The van der Waals surface area contributed by atoms with Crippen LogP contribution in [0, 0.1) is 18.2 Å². The Kier molecular flexibility index (Phi) is 3.81. The molecule has 0 saturated carbocycles. The molecule has 4 N–H and O–H groups in total. The lowest BCUT2D eigenvalue weighted by atomic mass is 9.56. The number of aromatic nitrogens is 2. The maximum absolute atomic E-state index is 11.8. The molecule has 0 aliphatic carbocycles. The number of nitrogens with zero attached hydrogens (tertiary/aromatic N) is 2. The molecule has 8 nitrogen and oxygen atoms in total. The fourth-order valence-corrected chi connectivity index (χ4v) is 2.25. The molecule has 2 rings (SSSR count). The lowest BCUT2D eigenvalue weighted by Crippen LogP contribution is -2.53. The first-order valence-corrected chi connectivity index (χ1v) is 6.02. The van der Waals surface area contributed by atoms with Crippen molar-refractivity contribution >= 4 is 7.28 Å². The monoisotopic (exact) mass is 277 g/mol. The first kappa shape index (κ1) is 14.5. The number of aliphatic hydroxyl groups is 1. The first-order chi connectivity index (χ1) is 9.41. The van der Waals surface area contributed by atoms with Crippen LogP contribution in [0.4, 0.5) is 0 Å². The molecule has 1 saturated heterocycles. The van der Waals surface area contributed by atoms with Gasteiger partial charge in [-0.3, -0.25) is 14.3 Å². The van der Waals surface area contributed by atoms with Gasteiger partial charge in [-0.1, -0.05) is 0 Å². The molecule has 1 fully saturated rings. The van der Waals surface area contributed by atoms with E-state index in [9.17, 15) is 14.7 Å². The minimum absolute atomic E-state index is 0.150. The van der Waals surface area contributed by atoms with E-state index in [0.29, 0.717) is 5.56 Å². The van der Waals surface area contributed by atoms with Crippen molar-refractivity contribution in [2.45, 2.75) is 31.1 Å². The molecule has 20 heavy (non-hydrogen) atoms. The van der Waals surface area contributed by atoms with Gasteiger partial charge in [0.05, 0.1) is 12.7 Å². The summed E-state index contributed by atoms with van der Waals surface area (Å²) in [6, 6.07) is 0. The van der Waals surface area contributed by atoms with E-state index in [-0.39, 0.29) is 13.0 Å². The Morgan fingerprint density at radius 3 is 3.05 bits per heavy atom. The van der Waals surface area contributed by atoms with E-state index in [1.165, 1.54) is 18.0 Å². The Hall–Kier alpha value is -1.89. The molecule has 1 aliphatic heterocycles. The second kappa shape index (κ2) is 5.24. The Bertz CT molecular complexity index is 664. The van der Waals surface area contributed by atoms with Crippen molar-refractivity contribution in [3.63, 3.8) is 0 Å². The molecule has 1 radical (unpaired) electrons. The molecular weight excluding hydrogens is 263 g/mol. The van der Waals surface area contributed by atoms with Crippen LogP contribution < -0.4 is 17.0 Å². The van der Waals surface area contributed by atoms with Gasteiger partial charge in [0.15, 0.2) is 0 Å². The van der Waals surface area contributed by atoms with Crippen LogP contribution in [0.25, 0.3) is 0 Å². The average molecular weight is 277 g/mol. The summed E-state index contributed by atoms with van der Waals surface area (Å²) in [5.41, 5.74) is 4.14. The summed E-state index contributed by atoms with van der Waals surface area (Å²) in [6.07, 6.45) is -0.00803. The van der Waals surface area contributed by atoms with E-state index < -0.39 is 29.0 Å². The SMILES string of the molecule is Cc1cn([C@H]2CC(N)([B]C#N)[C@@H](CO)O2)c(=O)[nH]c1=O. The van der Waals surface area contributed by atoms with E-state index in [0.717, 1.165) is 0 Å². The van der Waals surface area contributed by atoms with E-state index in [2.05, 4.69) is 4.98 Å². The number of nitrogens with one attached hydrogen (secondary N) is 1. The highest BCUT2D eigenvalue weighted by Gasteiger charge is 2.47. The van der Waals surface area contributed by atoms with Crippen LogP contribution in [-0.4, -0.2) is 40.1 Å². The third-order valence-electron chi connectivity index (χ3n) is 3.40. The Morgan fingerprint density at radius 2 is 2.45 bits per heavy atom. The van der Waals surface area contributed by atoms with Gasteiger partial charge in [0.2, 0.25) is 0 Å². The number of nitriles is 1. The second-order valence-corrected chi connectivity index (χ2v) is 4.83. The summed E-state index contributed by atoms with van der Waals surface area (Å²) in [5, 5.41) is 18.0. The van der Waals surface area contributed by atoms with Crippen molar-refractivity contribution in [1.82, 2.24) is 9.55 Å². The van der Waals surface area contributed by atoms with Gasteiger partial charge < -0.3 is 15.6 Å². The summed E-state index contributed by atoms with van der Waals surface area (Å²) in [5.74, 6) is 1.84. The number of aromatic amines is 1. The predicted octanol–water partition coefficient (Wildman–Crippen LogP) is -2.03. The van der Waals surface area contributed by atoms with Gasteiger partial charge in [-0.15, -0.1) is 0 Å². The number of hydrogen-bond donors (Lipinski definition) is 3. The van der Waals surface area contributed by atoms with Crippen LogP contribution in [0.5, 0.6) is 0 Å². The van der Waals surface area contributed by atoms with Crippen LogP contribution in [-0.2, 0) is 4.74 Å². The van der Waals surface area contributed by atoms with E-state index in [1.807, 2.05) is 5.97 Å². The number of aliphatic hydroxyl groups excluding tert-OH is 1. The largest absolute Gasteiger partial charge is 0.394 e. The molecule has 0 amide bonds. The van der Waals surface area contributed by atoms with Crippen LogP contribution in [0.2, 0.25) is 0 Å². The zero-order chi connectivity index (χ0) is 14.9. The number of aryl methyl sites for hydroxylation is 1. The lowest BCUT2D eigenvalue weighted by molar-refractivity contribution is -0.0299. The van der Waals surface area contributed by atoms with Crippen LogP contribution in [0.1, 0.15) is 18.2 Å². The maximum atomic E-state index is 11.8. The smallest absolute Gasteiger partial charge is 0.330 e. The normalized spacial score (nSPS) is 29.1. The molecule has 1 unspecified atom stereocenters. The molecule has 9 heteroatoms. The summed E-state index contributed by atoms with van der Waals surface area (Å²) in [7, 11) is 1.19. The Morgan fingerprint density at radius 1 is 1.75 bits per heavy atom. The van der Waals surface area contributed by atoms with Gasteiger partial charge in [-0.25, -0.2) is 10.1 Å². The van der Waals surface area contributed by atoms with Gasteiger partial charge in [0, 0.05) is 23.6 Å². The maximum Gasteiger partial charge on any atom is 0.330 e. The zero-order valence-corrected chi connectivity index (χ0v) is 10.9. The standard InChI is InChI=1S/C11H14BN4O4/c1-6-3-16(10(19)15-9(6)18)8-2-11(14,12-5-13)7(4-17)20-8/h3,7-8,17H,2,4,14H2,1H3,(H,15,18,19)/t7-,8-,11?/m1/s1. The quantitative estimate of drug-likeness (QED) is 0.545. The Balaban J connectivity index is 2.37. The topological polar surface area (TPSA) is 134 Å².